The summed E-state index contributed by atoms with van der Waals surface area (Å²) in [4.78, 5) is 23.5. The molecule has 5 nitrogen and oxygen atoms in total. The predicted octanol–water partition coefficient (Wildman–Crippen LogP) is 3.68. The minimum Gasteiger partial charge on any atom is -0.465 e. The van der Waals surface area contributed by atoms with Crippen molar-refractivity contribution in [1.82, 2.24) is 9.78 Å². The zero-order valence-electron chi connectivity index (χ0n) is 15.0. The van der Waals surface area contributed by atoms with E-state index in [0.717, 1.165) is 34.2 Å². The van der Waals surface area contributed by atoms with Gasteiger partial charge in [-0.15, -0.1) is 0 Å². The molecule has 26 heavy (non-hydrogen) atoms. The number of esters is 1. The van der Waals surface area contributed by atoms with Crippen molar-refractivity contribution in [3.63, 3.8) is 0 Å². The summed E-state index contributed by atoms with van der Waals surface area (Å²) in [6.45, 7) is 3.83. The molecule has 0 saturated carbocycles. The second-order valence-electron chi connectivity index (χ2n) is 6.15. The molecule has 3 aromatic rings. The van der Waals surface area contributed by atoms with Gasteiger partial charge in [0.15, 0.2) is 6.29 Å². The number of methoxy groups -OCH3 is 1. The van der Waals surface area contributed by atoms with E-state index in [2.05, 4.69) is 5.10 Å². The summed E-state index contributed by atoms with van der Waals surface area (Å²) >= 11 is 0. The molecule has 0 unspecified atom stereocenters. The Morgan fingerprint density at radius 3 is 2.50 bits per heavy atom. The fourth-order valence-corrected chi connectivity index (χ4v) is 3.03. The minimum atomic E-state index is -0.495. The van der Waals surface area contributed by atoms with E-state index in [1.165, 1.54) is 7.11 Å². The second-order valence-corrected chi connectivity index (χ2v) is 6.15. The summed E-state index contributed by atoms with van der Waals surface area (Å²) in [6, 6.07) is 11.7. The van der Waals surface area contributed by atoms with Crippen molar-refractivity contribution >= 4 is 12.3 Å². The SMILES string of the molecule is COC(=O)c1cc(Cc2ccc(-n3cccn3)cc2)c(C)c(C)c1C=O. The monoisotopic (exact) mass is 348 g/mol. The summed E-state index contributed by atoms with van der Waals surface area (Å²) in [5, 5.41) is 4.22. The highest BCUT2D eigenvalue weighted by molar-refractivity contribution is 5.99. The number of aromatic nitrogens is 2. The Morgan fingerprint density at radius 2 is 1.92 bits per heavy atom. The van der Waals surface area contributed by atoms with E-state index in [0.29, 0.717) is 17.5 Å². The first kappa shape index (κ1) is 17.6. The minimum absolute atomic E-state index is 0.314. The van der Waals surface area contributed by atoms with Crippen molar-refractivity contribution < 1.29 is 14.3 Å². The summed E-state index contributed by atoms with van der Waals surface area (Å²) in [5.41, 5.74) is 5.62. The molecule has 5 heteroatoms. The van der Waals surface area contributed by atoms with Crippen LogP contribution in [0.3, 0.4) is 0 Å². The van der Waals surface area contributed by atoms with Crippen molar-refractivity contribution in [3.8, 4) is 5.69 Å². The highest BCUT2D eigenvalue weighted by Gasteiger charge is 2.18. The number of benzene rings is 2. The lowest BCUT2D eigenvalue weighted by Crippen LogP contribution is -2.10. The number of nitrogens with zero attached hydrogens (tertiary/aromatic N) is 2. The first-order valence-electron chi connectivity index (χ1n) is 8.30. The topological polar surface area (TPSA) is 61.2 Å². The molecule has 0 bridgehead atoms. The van der Waals surface area contributed by atoms with Crippen molar-refractivity contribution in [2.75, 3.05) is 7.11 Å². The van der Waals surface area contributed by atoms with Crippen LogP contribution in [0.4, 0.5) is 0 Å². The van der Waals surface area contributed by atoms with Crippen LogP contribution in [-0.2, 0) is 11.2 Å². The van der Waals surface area contributed by atoms with Crippen molar-refractivity contribution in [1.29, 1.82) is 0 Å². The van der Waals surface area contributed by atoms with Gasteiger partial charge in [-0.05, 0) is 66.8 Å². The average Bonchev–Trinajstić information content (AvgIpc) is 3.20. The first-order valence-corrected chi connectivity index (χ1v) is 8.30. The van der Waals surface area contributed by atoms with Crippen LogP contribution in [0.5, 0.6) is 0 Å². The molecule has 0 spiro atoms. The van der Waals surface area contributed by atoms with Crippen LogP contribution in [0, 0.1) is 13.8 Å². The molecule has 0 atom stereocenters. The second kappa shape index (κ2) is 7.35. The van der Waals surface area contributed by atoms with Crippen molar-refractivity contribution in [3.05, 3.63) is 82.2 Å². The molecule has 0 radical (unpaired) electrons. The van der Waals surface area contributed by atoms with Gasteiger partial charge in [-0.1, -0.05) is 12.1 Å². The molecule has 0 aliphatic heterocycles. The van der Waals surface area contributed by atoms with Crippen LogP contribution in [0.1, 0.15) is 43.0 Å². The molecule has 1 heterocycles. The van der Waals surface area contributed by atoms with E-state index in [1.54, 1.807) is 16.9 Å². The average molecular weight is 348 g/mol. The molecule has 0 amide bonds. The maximum absolute atomic E-state index is 12.0. The first-order chi connectivity index (χ1) is 12.5. The fourth-order valence-electron chi connectivity index (χ4n) is 3.03. The Morgan fingerprint density at radius 1 is 1.19 bits per heavy atom. The number of hydrogen-bond donors (Lipinski definition) is 0. The van der Waals surface area contributed by atoms with Crippen LogP contribution >= 0.6 is 0 Å². The predicted molar refractivity (Wildman–Crippen MR) is 99.0 cm³/mol. The molecule has 3 rings (SSSR count). The molecule has 132 valence electrons. The van der Waals surface area contributed by atoms with E-state index in [9.17, 15) is 9.59 Å². The zero-order valence-corrected chi connectivity index (χ0v) is 15.0. The van der Waals surface area contributed by atoms with E-state index in [4.69, 9.17) is 4.74 Å². The van der Waals surface area contributed by atoms with Crippen LogP contribution in [0.2, 0.25) is 0 Å². The van der Waals surface area contributed by atoms with Gasteiger partial charge in [0.05, 0.1) is 18.4 Å². The van der Waals surface area contributed by atoms with Gasteiger partial charge in [0.25, 0.3) is 0 Å². The van der Waals surface area contributed by atoms with Gasteiger partial charge in [0.1, 0.15) is 0 Å². The van der Waals surface area contributed by atoms with Gasteiger partial charge >= 0.3 is 5.97 Å². The standard InChI is InChI=1S/C21H20N2O3/c1-14-15(2)20(13-24)19(21(25)26-3)12-17(14)11-16-5-7-18(8-6-16)23-10-4-9-22-23/h4-10,12-13H,11H2,1-3H3. The molecular formula is C21H20N2O3. The third kappa shape index (κ3) is 3.28. The van der Waals surface area contributed by atoms with Gasteiger partial charge in [-0.2, -0.15) is 5.10 Å². The van der Waals surface area contributed by atoms with Crippen molar-refractivity contribution in [2.24, 2.45) is 0 Å². The lowest BCUT2D eigenvalue weighted by atomic mass is 9.90. The third-order valence-corrected chi connectivity index (χ3v) is 4.68. The molecule has 1 aromatic heterocycles. The summed E-state index contributed by atoms with van der Waals surface area (Å²) < 4.78 is 6.63. The largest absolute Gasteiger partial charge is 0.465 e. The van der Waals surface area contributed by atoms with E-state index in [-0.39, 0.29) is 0 Å². The molecular weight excluding hydrogens is 328 g/mol. The van der Waals surface area contributed by atoms with Crippen molar-refractivity contribution in [2.45, 2.75) is 20.3 Å². The van der Waals surface area contributed by atoms with Gasteiger partial charge in [0.2, 0.25) is 0 Å². The van der Waals surface area contributed by atoms with E-state index in [1.807, 2.05) is 50.4 Å². The Bertz CT molecular complexity index is 942. The lowest BCUT2D eigenvalue weighted by Gasteiger charge is -2.15. The van der Waals surface area contributed by atoms with Crippen LogP contribution < -0.4 is 0 Å². The van der Waals surface area contributed by atoms with Gasteiger partial charge in [-0.25, -0.2) is 9.48 Å². The normalized spacial score (nSPS) is 10.6. The van der Waals surface area contributed by atoms with E-state index >= 15 is 0 Å². The summed E-state index contributed by atoms with van der Waals surface area (Å²) in [6.07, 6.45) is 5.01. The smallest absolute Gasteiger partial charge is 0.338 e. The Kier molecular flexibility index (Phi) is 4.98. The maximum Gasteiger partial charge on any atom is 0.338 e. The van der Waals surface area contributed by atoms with Crippen LogP contribution in [0.15, 0.2) is 48.8 Å². The number of aldehydes is 1. The Hall–Kier alpha value is -3.21. The quantitative estimate of drug-likeness (QED) is 0.521. The zero-order chi connectivity index (χ0) is 18.7. The molecule has 0 aliphatic carbocycles. The van der Waals surface area contributed by atoms with Crippen LogP contribution in [-0.4, -0.2) is 29.1 Å². The van der Waals surface area contributed by atoms with Gasteiger partial charge < -0.3 is 4.74 Å². The molecule has 2 aromatic carbocycles. The number of carbonyl (C=O) groups is 2. The van der Waals surface area contributed by atoms with Crippen LogP contribution in [0.25, 0.3) is 5.69 Å². The van der Waals surface area contributed by atoms with Gasteiger partial charge in [0, 0.05) is 18.0 Å². The molecule has 0 fully saturated rings. The molecule has 0 saturated heterocycles. The summed E-state index contributed by atoms with van der Waals surface area (Å²) in [5.74, 6) is -0.495. The maximum atomic E-state index is 12.0. The summed E-state index contributed by atoms with van der Waals surface area (Å²) in [7, 11) is 1.32. The van der Waals surface area contributed by atoms with Gasteiger partial charge in [-0.3, -0.25) is 4.79 Å². The Balaban J connectivity index is 1.95. The van der Waals surface area contributed by atoms with E-state index < -0.39 is 5.97 Å². The number of carbonyl (C=O) groups excluding carboxylic acids is 2. The molecule has 0 aliphatic rings. The Labute approximate surface area is 152 Å². The number of hydrogen-bond acceptors (Lipinski definition) is 4. The number of ether oxygens (including phenoxy) is 1. The highest BCUT2D eigenvalue weighted by atomic mass is 16.5. The lowest BCUT2D eigenvalue weighted by molar-refractivity contribution is 0.0598. The molecule has 0 N–H and O–H groups in total. The third-order valence-electron chi connectivity index (χ3n) is 4.68. The highest BCUT2D eigenvalue weighted by Crippen LogP contribution is 2.24. The number of rotatable bonds is 5. The fraction of sp³-hybridized carbons (Fsp3) is 0.190.